The highest BCUT2D eigenvalue weighted by Crippen LogP contribution is 2.31. The molecular formula is C23H34O5. The van der Waals surface area contributed by atoms with Crippen molar-refractivity contribution in [3.8, 4) is 12.3 Å². The van der Waals surface area contributed by atoms with E-state index in [-0.39, 0.29) is 42.7 Å². The van der Waals surface area contributed by atoms with E-state index in [1.54, 1.807) is 0 Å². The first-order valence-corrected chi connectivity index (χ1v) is 10.8. The maximum absolute atomic E-state index is 12.4. The number of esters is 1. The van der Waals surface area contributed by atoms with Crippen LogP contribution in [0.1, 0.15) is 65.2 Å². The molecule has 0 amide bonds. The number of rotatable bonds is 0. The number of terminal acetylenes is 1. The highest BCUT2D eigenvalue weighted by Gasteiger charge is 2.34. The van der Waals surface area contributed by atoms with Crippen LogP contribution in [0.2, 0.25) is 0 Å². The summed E-state index contributed by atoms with van der Waals surface area (Å²) < 4.78 is 18.0. The van der Waals surface area contributed by atoms with E-state index in [1.165, 1.54) is 0 Å². The molecule has 0 radical (unpaired) electrons. The molecule has 3 rings (SSSR count). The first-order valence-electron chi connectivity index (χ1n) is 10.8. The number of aliphatic hydroxyl groups is 1. The summed E-state index contributed by atoms with van der Waals surface area (Å²) in [6, 6.07) is 0. The molecule has 5 nitrogen and oxygen atoms in total. The van der Waals surface area contributed by atoms with Gasteiger partial charge in [0.25, 0.3) is 0 Å². The van der Waals surface area contributed by atoms with Crippen molar-refractivity contribution in [1.82, 2.24) is 0 Å². The molecule has 4 bridgehead atoms. The van der Waals surface area contributed by atoms with Crippen molar-refractivity contribution >= 4 is 5.97 Å². The summed E-state index contributed by atoms with van der Waals surface area (Å²) in [4.78, 5) is 12.4. The molecule has 0 aromatic rings. The van der Waals surface area contributed by atoms with E-state index >= 15 is 0 Å². The average Bonchev–Trinajstić information content (AvgIpc) is 2.63. The van der Waals surface area contributed by atoms with Gasteiger partial charge in [0, 0.05) is 12.3 Å². The van der Waals surface area contributed by atoms with Gasteiger partial charge in [-0.3, -0.25) is 4.79 Å². The number of carbonyl (C=O) groups is 1. The van der Waals surface area contributed by atoms with E-state index in [9.17, 15) is 9.90 Å². The van der Waals surface area contributed by atoms with Crippen LogP contribution >= 0.6 is 0 Å². The molecule has 2 saturated heterocycles. The molecular weight excluding hydrogens is 356 g/mol. The number of aliphatic hydroxyl groups excluding tert-OH is 1. The second-order valence-corrected chi connectivity index (χ2v) is 8.79. The molecule has 5 heteroatoms. The lowest BCUT2D eigenvalue weighted by molar-refractivity contribution is -0.160. The van der Waals surface area contributed by atoms with Gasteiger partial charge in [-0.1, -0.05) is 31.9 Å². The van der Waals surface area contributed by atoms with Crippen LogP contribution in [0.25, 0.3) is 0 Å². The monoisotopic (exact) mass is 390 g/mol. The number of ether oxygens (including phenoxy) is 3. The summed E-state index contributed by atoms with van der Waals surface area (Å²) in [7, 11) is 0. The van der Waals surface area contributed by atoms with Gasteiger partial charge in [0.05, 0.1) is 36.9 Å². The fourth-order valence-corrected chi connectivity index (χ4v) is 4.62. The van der Waals surface area contributed by atoms with E-state index in [4.69, 9.17) is 20.6 Å². The first-order chi connectivity index (χ1) is 13.4. The fraction of sp³-hybridized carbons (Fsp3) is 0.783. The third-order valence-electron chi connectivity index (χ3n) is 6.09. The zero-order valence-electron chi connectivity index (χ0n) is 17.1. The molecule has 0 aliphatic carbocycles. The lowest BCUT2D eigenvalue weighted by Crippen LogP contribution is -2.40. The second kappa shape index (κ2) is 9.91. The Hall–Kier alpha value is -1.35. The molecule has 0 aromatic heterocycles. The average molecular weight is 391 g/mol. The second-order valence-electron chi connectivity index (χ2n) is 8.79. The van der Waals surface area contributed by atoms with Crippen molar-refractivity contribution in [3.63, 3.8) is 0 Å². The lowest BCUT2D eigenvalue weighted by Gasteiger charge is -2.37. The van der Waals surface area contributed by atoms with Crippen LogP contribution < -0.4 is 0 Å². The summed E-state index contributed by atoms with van der Waals surface area (Å²) in [5.74, 6) is 2.53. The van der Waals surface area contributed by atoms with Gasteiger partial charge in [-0.25, -0.2) is 0 Å². The van der Waals surface area contributed by atoms with Crippen molar-refractivity contribution < 1.29 is 24.1 Å². The molecule has 0 aromatic carbocycles. The van der Waals surface area contributed by atoms with E-state index in [0.717, 1.165) is 32.1 Å². The first kappa shape index (κ1) is 21.4. The summed E-state index contributed by atoms with van der Waals surface area (Å²) in [5.41, 5.74) is 0. The summed E-state index contributed by atoms with van der Waals surface area (Å²) in [6.07, 6.45) is 15.0. The predicted molar refractivity (Wildman–Crippen MR) is 106 cm³/mol. The molecule has 3 heterocycles. The molecule has 2 fully saturated rings. The summed E-state index contributed by atoms with van der Waals surface area (Å²) in [6.45, 7) is 4.15. The normalized spacial score (nSPS) is 44.1. The Bertz CT molecular complexity index is 594. The van der Waals surface area contributed by atoms with Gasteiger partial charge in [0.1, 0.15) is 0 Å². The van der Waals surface area contributed by atoms with Crippen LogP contribution in [0, 0.1) is 24.2 Å². The van der Waals surface area contributed by atoms with Crippen LogP contribution in [0.15, 0.2) is 12.2 Å². The highest BCUT2D eigenvalue weighted by molar-refractivity contribution is 5.70. The van der Waals surface area contributed by atoms with Crippen molar-refractivity contribution in [2.24, 2.45) is 11.8 Å². The van der Waals surface area contributed by atoms with Gasteiger partial charge in [-0.05, 0) is 44.4 Å². The standard InChI is InChI=1S/C23H34O5/c1-4-22-16(3)9-8-15(2)10-18-6-5-7-19(26-18)13-20-11-17(24)12-21(27-20)14-23(25)28-22/h1,8-9,15-22,24H,5-7,10-14H2,2-3H3/b9-8+/t15?,16-,17+,18+,19-,20+,21-,22-/m0/s1. The Morgan fingerprint density at radius 2 is 1.68 bits per heavy atom. The van der Waals surface area contributed by atoms with E-state index in [1.807, 2.05) is 13.0 Å². The third kappa shape index (κ3) is 6.07. The predicted octanol–water partition coefficient (Wildman–Crippen LogP) is 3.39. The number of hydrogen-bond donors (Lipinski definition) is 1. The number of cyclic esters (lactones) is 1. The van der Waals surface area contributed by atoms with Crippen LogP contribution in [0.5, 0.6) is 0 Å². The lowest BCUT2D eigenvalue weighted by atomic mass is 9.91. The molecule has 1 unspecified atom stereocenters. The fourth-order valence-electron chi connectivity index (χ4n) is 4.62. The van der Waals surface area contributed by atoms with E-state index in [2.05, 4.69) is 18.9 Å². The van der Waals surface area contributed by atoms with Gasteiger partial charge in [-0.2, -0.15) is 0 Å². The SMILES string of the molecule is C#C[C@@H]1OC(=O)C[C@@H]2C[C@H](O)C[C@H](C[C@@H]3CCC[C@H](CC(C)/C=C/[C@@H]1C)O3)O2. The largest absolute Gasteiger partial charge is 0.448 e. The molecule has 1 N–H and O–H groups in total. The van der Waals surface area contributed by atoms with Crippen LogP contribution in [-0.4, -0.2) is 47.7 Å². The molecule has 156 valence electrons. The van der Waals surface area contributed by atoms with Crippen molar-refractivity contribution in [1.29, 1.82) is 0 Å². The maximum Gasteiger partial charge on any atom is 0.309 e. The quantitative estimate of drug-likeness (QED) is 0.390. The minimum absolute atomic E-state index is 0.0602. The molecule has 0 saturated carbocycles. The molecule has 3 aliphatic heterocycles. The smallest absolute Gasteiger partial charge is 0.309 e. The maximum atomic E-state index is 12.4. The van der Waals surface area contributed by atoms with Crippen molar-refractivity contribution in [2.45, 2.75) is 102 Å². The Morgan fingerprint density at radius 3 is 2.43 bits per heavy atom. The zero-order chi connectivity index (χ0) is 20.1. The van der Waals surface area contributed by atoms with E-state index in [0.29, 0.717) is 18.8 Å². The zero-order valence-corrected chi connectivity index (χ0v) is 17.1. The summed E-state index contributed by atoms with van der Waals surface area (Å²) in [5, 5.41) is 10.3. The molecule has 8 atom stereocenters. The van der Waals surface area contributed by atoms with Crippen molar-refractivity contribution in [2.75, 3.05) is 0 Å². The number of allylic oxidation sites excluding steroid dienone is 1. The van der Waals surface area contributed by atoms with Crippen LogP contribution in [0.4, 0.5) is 0 Å². The third-order valence-corrected chi connectivity index (χ3v) is 6.09. The number of carbonyl (C=O) groups excluding carboxylic acids is 1. The molecule has 28 heavy (non-hydrogen) atoms. The highest BCUT2D eigenvalue weighted by atomic mass is 16.6. The Labute approximate surface area is 168 Å². The Balaban J connectivity index is 1.76. The Morgan fingerprint density at radius 1 is 1.00 bits per heavy atom. The van der Waals surface area contributed by atoms with Crippen LogP contribution in [-0.2, 0) is 19.0 Å². The van der Waals surface area contributed by atoms with Gasteiger partial charge in [0.2, 0.25) is 0 Å². The Kier molecular flexibility index (Phi) is 7.56. The molecule has 0 spiro atoms. The minimum Gasteiger partial charge on any atom is -0.448 e. The number of hydrogen-bond acceptors (Lipinski definition) is 5. The number of fused-ring (bicyclic) bond motifs is 4. The topological polar surface area (TPSA) is 65.0 Å². The summed E-state index contributed by atoms with van der Waals surface area (Å²) >= 11 is 0. The molecule has 3 aliphatic rings. The van der Waals surface area contributed by atoms with Gasteiger partial charge < -0.3 is 19.3 Å². The van der Waals surface area contributed by atoms with Crippen molar-refractivity contribution in [3.05, 3.63) is 12.2 Å². The van der Waals surface area contributed by atoms with Gasteiger partial charge in [-0.15, -0.1) is 6.42 Å². The van der Waals surface area contributed by atoms with E-state index < -0.39 is 12.2 Å². The minimum atomic E-state index is -0.594. The van der Waals surface area contributed by atoms with Crippen LogP contribution in [0.3, 0.4) is 0 Å². The van der Waals surface area contributed by atoms with Gasteiger partial charge in [0.15, 0.2) is 6.10 Å². The van der Waals surface area contributed by atoms with Gasteiger partial charge >= 0.3 is 5.97 Å².